The van der Waals surface area contributed by atoms with Crippen LogP contribution in [-0.2, 0) is 0 Å². The van der Waals surface area contributed by atoms with Crippen molar-refractivity contribution < 1.29 is 0 Å². The van der Waals surface area contributed by atoms with Crippen LogP contribution in [0.2, 0.25) is 0 Å². The minimum atomic E-state index is 0.239. The molecule has 0 radical (unpaired) electrons. The molecule has 2 heteroatoms. The Hall–Kier alpha value is -0.340. The van der Waals surface area contributed by atoms with Crippen LogP contribution >= 0.6 is 0 Å². The van der Waals surface area contributed by atoms with Gasteiger partial charge in [0.25, 0.3) is 0 Å². The molecule has 0 aliphatic heterocycles. The highest BCUT2D eigenvalue weighted by molar-refractivity contribution is 4.74. The maximum absolute atomic E-state index is 5.67. The van der Waals surface area contributed by atoms with E-state index in [0.717, 1.165) is 26.1 Å². The van der Waals surface area contributed by atoms with Crippen LogP contribution in [0.25, 0.3) is 0 Å². The number of hydrogen-bond acceptors (Lipinski definition) is 2. The molecule has 0 aromatic rings. The van der Waals surface area contributed by atoms with E-state index in [0.29, 0.717) is 0 Å². The second kappa shape index (κ2) is 6.17. The lowest BCUT2D eigenvalue weighted by atomic mass is 9.93. The smallest absolute Gasteiger partial charge is 0.00417 e. The Morgan fingerprint density at radius 2 is 2.08 bits per heavy atom. The third kappa shape index (κ3) is 6.79. The van der Waals surface area contributed by atoms with E-state index in [9.17, 15) is 0 Å². The molecule has 2 nitrogen and oxygen atoms in total. The van der Waals surface area contributed by atoms with E-state index in [1.807, 2.05) is 6.08 Å². The van der Waals surface area contributed by atoms with Gasteiger partial charge >= 0.3 is 0 Å². The summed E-state index contributed by atoms with van der Waals surface area (Å²) < 4.78 is 0. The zero-order chi connectivity index (χ0) is 10.3. The van der Waals surface area contributed by atoms with Crippen LogP contribution in [0.3, 0.4) is 0 Å². The maximum atomic E-state index is 5.67. The van der Waals surface area contributed by atoms with Gasteiger partial charge in [-0.25, -0.2) is 0 Å². The molecule has 0 rings (SSSR count). The van der Waals surface area contributed by atoms with E-state index in [4.69, 9.17) is 5.73 Å². The maximum Gasteiger partial charge on any atom is 0.00417 e. The van der Waals surface area contributed by atoms with E-state index < -0.39 is 0 Å². The zero-order valence-electron chi connectivity index (χ0n) is 9.34. The predicted octanol–water partition coefficient (Wildman–Crippen LogP) is 1.87. The Labute approximate surface area is 82.8 Å². The highest BCUT2D eigenvalue weighted by Crippen LogP contribution is 2.13. The third-order valence-corrected chi connectivity index (χ3v) is 2.20. The van der Waals surface area contributed by atoms with Gasteiger partial charge in [0.1, 0.15) is 0 Å². The van der Waals surface area contributed by atoms with E-state index in [2.05, 4.69) is 32.4 Å². The summed E-state index contributed by atoms with van der Waals surface area (Å²) in [6.45, 7) is 11.1. The summed E-state index contributed by atoms with van der Waals surface area (Å²) in [5.74, 6) is 0. The first kappa shape index (κ1) is 12.7. The SMILES string of the molecule is C=CCCCN(C)CC(C)(C)CN. The lowest BCUT2D eigenvalue weighted by Crippen LogP contribution is -2.37. The Morgan fingerprint density at radius 1 is 1.46 bits per heavy atom. The van der Waals surface area contributed by atoms with Gasteiger partial charge < -0.3 is 10.6 Å². The average Bonchev–Trinajstić information content (AvgIpc) is 2.04. The first-order valence-electron chi connectivity index (χ1n) is 5.01. The van der Waals surface area contributed by atoms with Crippen molar-refractivity contribution in [1.29, 1.82) is 0 Å². The van der Waals surface area contributed by atoms with Crippen LogP contribution in [-0.4, -0.2) is 31.6 Å². The summed E-state index contributed by atoms with van der Waals surface area (Å²) in [6, 6.07) is 0. The molecule has 0 saturated heterocycles. The van der Waals surface area contributed by atoms with E-state index >= 15 is 0 Å². The number of hydrogen-bond donors (Lipinski definition) is 1. The molecular formula is C11H24N2. The van der Waals surface area contributed by atoms with Crippen molar-refractivity contribution in [3.05, 3.63) is 12.7 Å². The number of rotatable bonds is 7. The number of nitrogens with two attached hydrogens (primary N) is 1. The van der Waals surface area contributed by atoms with Crippen LogP contribution in [0.5, 0.6) is 0 Å². The quantitative estimate of drug-likeness (QED) is 0.483. The minimum Gasteiger partial charge on any atom is -0.330 e. The van der Waals surface area contributed by atoms with Crippen LogP contribution in [0.15, 0.2) is 12.7 Å². The highest BCUT2D eigenvalue weighted by Gasteiger charge is 2.17. The molecule has 0 heterocycles. The van der Waals surface area contributed by atoms with Crippen molar-refractivity contribution in [3.63, 3.8) is 0 Å². The normalized spacial score (nSPS) is 12.1. The van der Waals surface area contributed by atoms with Crippen molar-refractivity contribution in [3.8, 4) is 0 Å². The highest BCUT2D eigenvalue weighted by atomic mass is 15.1. The lowest BCUT2D eigenvalue weighted by Gasteiger charge is -2.28. The van der Waals surface area contributed by atoms with E-state index in [1.165, 1.54) is 6.42 Å². The fourth-order valence-electron chi connectivity index (χ4n) is 1.38. The van der Waals surface area contributed by atoms with Gasteiger partial charge in [-0.05, 0) is 38.4 Å². The molecule has 78 valence electrons. The Balaban J connectivity index is 3.60. The molecule has 0 fully saturated rings. The molecule has 0 saturated carbocycles. The molecule has 0 atom stereocenters. The Kier molecular flexibility index (Phi) is 6.00. The van der Waals surface area contributed by atoms with Gasteiger partial charge in [0.2, 0.25) is 0 Å². The lowest BCUT2D eigenvalue weighted by molar-refractivity contribution is 0.214. The van der Waals surface area contributed by atoms with Gasteiger partial charge in [-0.15, -0.1) is 6.58 Å². The molecule has 0 amide bonds. The summed E-state index contributed by atoms with van der Waals surface area (Å²) in [6.07, 6.45) is 4.27. The van der Waals surface area contributed by atoms with Gasteiger partial charge in [-0.3, -0.25) is 0 Å². The monoisotopic (exact) mass is 184 g/mol. The van der Waals surface area contributed by atoms with Gasteiger partial charge in [0, 0.05) is 6.54 Å². The fourth-order valence-corrected chi connectivity index (χ4v) is 1.38. The van der Waals surface area contributed by atoms with E-state index in [1.54, 1.807) is 0 Å². The summed E-state index contributed by atoms with van der Waals surface area (Å²) in [7, 11) is 2.15. The zero-order valence-corrected chi connectivity index (χ0v) is 9.34. The van der Waals surface area contributed by atoms with Crippen LogP contribution in [0, 0.1) is 5.41 Å². The van der Waals surface area contributed by atoms with Gasteiger partial charge in [0.05, 0.1) is 0 Å². The Bertz CT molecular complexity index is 141. The minimum absolute atomic E-state index is 0.239. The molecule has 13 heavy (non-hydrogen) atoms. The molecule has 0 bridgehead atoms. The summed E-state index contributed by atoms with van der Waals surface area (Å²) in [5, 5.41) is 0. The molecule has 0 aliphatic carbocycles. The van der Waals surface area contributed by atoms with Gasteiger partial charge in [-0.1, -0.05) is 19.9 Å². The second-order valence-electron chi connectivity index (χ2n) is 4.54. The predicted molar refractivity (Wildman–Crippen MR) is 59.8 cm³/mol. The summed E-state index contributed by atoms with van der Waals surface area (Å²) in [5.41, 5.74) is 5.91. The van der Waals surface area contributed by atoms with Gasteiger partial charge in [-0.2, -0.15) is 0 Å². The molecule has 2 N–H and O–H groups in total. The van der Waals surface area contributed by atoms with E-state index in [-0.39, 0.29) is 5.41 Å². The largest absolute Gasteiger partial charge is 0.330 e. The Morgan fingerprint density at radius 3 is 2.54 bits per heavy atom. The van der Waals surface area contributed by atoms with Crippen LogP contribution < -0.4 is 5.73 Å². The number of allylic oxidation sites excluding steroid dienone is 1. The topological polar surface area (TPSA) is 29.3 Å². The molecule has 0 aromatic heterocycles. The van der Waals surface area contributed by atoms with Crippen molar-refractivity contribution >= 4 is 0 Å². The second-order valence-corrected chi connectivity index (χ2v) is 4.54. The van der Waals surface area contributed by atoms with Crippen molar-refractivity contribution in [2.24, 2.45) is 11.1 Å². The molecule has 0 aliphatic rings. The molecule has 0 aromatic carbocycles. The summed E-state index contributed by atoms with van der Waals surface area (Å²) >= 11 is 0. The first-order valence-corrected chi connectivity index (χ1v) is 5.01. The molecule has 0 spiro atoms. The van der Waals surface area contributed by atoms with Crippen LogP contribution in [0.1, 0.15) is 26.7 Å². The summed E-state index contributed by atoms with van der Waals surface area (Å²) in [4.78, 5) is 2.34. The first-order chi connectivity index (χ1) is 6.02. The third-order valence-electron chi connectivity index (χ3n) is 2.20. The van der Waals surface area contributed by atoms with Crippen LogP contribution in [0.4, 0.5) is 0 Å². The van der Waals surface area contributed by atoms with Gasteiger partial charge in [0.15, 0.2) is 0 Å². The average molecular weight is 184 g/mol. The molecule has 0 unspecified atom stereocenters. The standard InChI is InChI=1S/C11H24N2/c1-5-6-7-8-13(4)10-11(2,3)9-12/h5H,1,6-10,12H2,2-4H3. The number of unbranched alkanes of at least 4 members (excludes halogenated alkanes) is 1. The van der Waals surface area contributed by atoms with Crippen molar-refractivity contribution in [1.82, 2.24) is 4.90 Å². The van der Waals surface area contributed by atoms with Crippen molar-refractivity contribution in [2.75, 3.05) is 26.7 Å². The molecular weight excluding hydrogens is 160 g/mol. The van der Waals surface area contributed by atoms with Crippen molar-refractivity contribution in [2.45, 2.75) is 26.7 Å². The number of nitrogens with zero attached hydrogens (tertiary/aromatic N) is 1. The fraction of sp³-hybridized carbons (Fsp3) is 0.818.